The second-order valence-electron chi connectivity index (χ2n) is 3.04. The fourth-order valence-corrected chi connectivity index (χ4v) is 2.23. The molecule has 80 valence electrons. The van der Waals surface area contributed by atoms with Gasteiger partial charge in [-0.2, -0.15) is 0 Å². The summed E-state index contributed by atoms with van der Waals surface area (Å²) in [7, 11) is 0. The Hall–Kier alpha value is -0.490. The smallest absolute Gasteiger partial charge is 0.263 e. The zero-order valence-electron chi connectivity index (χ0n) is 7.40. The van der Waals surface area contributed by atoms with Crippen molar-refractivity contribution in [2.45, 2.75) is 11.8 Å². The third-order valence-corrected chi connectivity index (χ3v) is 3.03. The highest BCUT2D eigenvalue weighted by molar-refractivity contribution is 9.10. The zero-order valence-corrected chi connectivity index (χ0v) is 10.6. The van der Waals surface area contributed by atoms with Crippen molar-refractivity contribution in [3.05, 3.63) is 28.0 Å². The van der Waals surface area contributed by atoms with Crippen LogP contribution in [0, 0.1) is 0 Å². The summed E-state index contributed by atoms with van der Waals surface area (Å²) in [4.78, 5) is 7.05. The lowest BCUT2D eigenvalue weighted by atomic mass is 10.1. The van der Waals surface area contributed by atoms with Crippen LogP contribution in [0.15, 0.2) is 16.9 Å². The maximum absolute atomic E-state index is 12.6. The lowest BCUT2D eigenvalue weighted by Gasteiger charge is -2.03. The first-order chi connectivity index (χ1) is 7.11. The number of aromatic amines is 1. The van der Waals surface area contributed by atoms with E-state index in [1.54, 1.807) is 0 Å². The molecular formula is C9H6Br2F2N2. The standard InChI is InChI=1S/C9H6Br2F2N2/c10-3-5-1-4(8(12)13)2-6-7(5)15-9(11)14-6/h1-2,8H,3H2,(H,14,15). The van der Waals surface area contributed by atoms with E-state index in [2.05, 4.69) is 41.8 Å². The number of rotatable bonds is 2. The molecule has 6 heteroatoms. The van der Waals surface area contributed by atoms with Gasteiger partial charge in [-0.05, 0) is 33.6 Å². The Labute approximate surface area is 101 Å². The molecule has 0 radical (unpaired) electrons. The molecule has 2 aromatic rings. The van der Waals surface area contributed by atoms with E-state index in [9.17, 15) is 8.78 Å². The summed E-state index contributed by atoms with van der Waals surface area (Å²) < 4.78 is 25.7. The van der Waals surface area contributed by atoms with Crippen LogP contribution in [0.1, 0.15) is 17.6 Å². The van der Waals surface area contributed by atoms with Crippen molar-refractivity contribution in [3.8, 4) is 0 Å². The number of nitrogens with zero attached hydrogens (tertiary/aromatic N) is 1. The van der Waals surface area contributed by atoms with Crippen molar-refractivity contribution in [2.24, 2.45) is 0 Å². The Morgan fingerprint density at radius 1 is 1.40 bits per heavy atom. The van der Waals surface area contributed by atoms with Crippen LogP contribution < -0.4 is 0 Å². The lowest BCUT2D eigenvalue weighted by molar-refractivity contribution is 0.151. The molecule has 0 atom stereocenters. The first kappa shape index (κ1) is 11.0. The minimum Gasteiger partial charge on any atom is -0.332 e. The summed E-state index contributed by atoms with van der Waals surface area (Å²) in [5, 5.41) is 0.501. The van der Waals surface area contributed by atoms with Gasteiger partial charge in [0, 0.05) is 10.9 Å². The first-order valence-electron chi connectivity index (χ1n) is 4.14. The van der Waals surface area contributed by atoms with Crippen molar-refractivity contribution in [1.29, 1.82) is 0 Å². The van der Waals surface area contributed by atoms with Crippen LogP contribution in [-0.2, 0) is 5.33 Å². The Balaban J connectivity index is 2.70. The Kier molecular flexibility index (Phi) is 3.06. The van der Waals surface area contributed by atoms with E-state index in [0.29, 0.717) is 21.1 Å². The van der Waals surface area contributed by atoms with Crippen LogP contribution in [0.3, 0.4) is 0 Å². The molecule has 15 heavy (non-hydrogen) atoms. The predicted octanol–water partition coefficient (Wildman–Crippen LogP) is 4.16. The molecule has 0 unspecified atom stereocenters. The number of fused-ring (bicyclic) bond motifs is 1. The van der Waals surface area contributed by atoms with Crippen LogP contribution in [0.5, 0.6) is 0 Å². The number of aromatic nitrogens is 2. The highest BCUT2D eigenvalue weighted by Crippen LogP contribution is 2.28. The molecule has 1 heterocycles. The lowest BCUT2D eigenvalue weighted by Crippen LogP contribution is -1.89. The number of alkyl halides is 3. The van der Waals surface area contributed by atoms with Gasteiger partial charge in [-0.1, -0.05) is 15.9 Å². The Morgan fingerprint density at radius 2 is 2.13 bits per heavy atom. The van der Waals surface area contributed by atoms with Crippen molar-refractivity contribution in [2.75, 3.05) is 0 Å². The van der Waals surface area contributed by atoms with Gasteiger partial charge in [0.15, 0.2) is 4.73 Å². The Bertz CT molecular complexity index is 496. The number of nitrogens with one attached hydrogen (secondary N) is 1. The van der Waals surface area contributed by atoms with Crippen LogP contribution in [0.4, 0.5) is 8.78 Å². The fraction of sp³-hybridized carbons (Fsp3) is 0.222. The third kappa shape index (κ3) is 2.06. The summed E-state index contributed by atoms with van der Waals surface area (Å²) in [6, 6.07) is 2.89. The van der Waals surface area contributed by atoms with Gasteiger partial charge < -0.3 is 4.98 Å². The maximum atomic E-state index is 12.6. The minimum absolute atomic E-state index is 0.00750. The average Bonchev–Trinajstić information content (AvgIpc) is 2.56. The molecule has 0 spiro atoms. The second kappa shape index (κ2) is 4.17. The van der Waals surface area contributed by atoms with E-state index >= 15 is 0 Å². The third-order valence-electron chi connectivity index (χ3n) is 2.05. The molecular weight excluding hydrogens is 334 g/mol. The van der Waals surface area contributed by atoms with Crippen molar-refractivity contribution in [3.63, 3.8) is 0 Å². The van der Waals surface area contributed by atoms with E-state index in [-0.39, 0.29) is 5.56 Å². The van der Waals surface area contributed by atoms with Crippen LogP contribution in [0.25, 0.3) is 11.0 Å². The van der Waals surface area contributed by atoms with Gasteiger partial charge in [0.25, 0.3) is 6.43 Å². The normalized spacial score (nSPS) is 11.5. The predicted molar refractivity (Wildman–Crippen MR) is 61.4 cm³/mol. The number of imidazole rings is 1. The van der Waals surface area contributed by atoms with Crippen LogP contribution in [-0.4, -0.2) is 9.97 Å². The number of hydrogen-bond donors (Lipinski definition) is 1. The number of H-pyrrole nitrogens is 1. The molecule has 0 saturated carbocycles. The summed E-state index contributed by atoms with van der Waals surface area (Å²) in [5.41, 5.74) is 2.09. The number of benzene rings is 1. The van der Waals surface area contributed by atoms with Gasteiger partial charge in [-0.3, -0.25) is 0 Å². The minimum atomic E-state index is -2.46. The molecule has 0 bridgehead atoms. The molecule has 1 N–H and O–H groups in total. The fourth-order valence-electron chi connectivity index (χ4n) is 1.41. The van der Waals surface area contributed by atoms with Gasteiger partial charge in [-0.25, -0.2) is 13.8 Å². The molecule has 2 nitrogen and oxygen atoms in total. The SMILES string of the molecule is FC(F)c1cc(CBr)c2nc(Br)[nH]c2c1. The van der Waals surface area contributed by atoms with Crippen molar-refractivity contribution >= 4 is 42.9 Å². The summed E-state index contributed by atoms with van der Waals surface area (Å²) >= 11 is 6.44. The highest BCUT2D eigenvalue weighted by atomic mass is 79.9. The maximum Gasteiger partial charge on any atom is 0.263 e. The van der Waals surface area contributed by atoms with E-state index in [0.717, 1.165) is 5.56 Å². The molecule has 0 fully saturated rings. The van der Waals surface area contributed by atoms with Gasteiger partial charge >= 0.3 is 0 Å². The van der Waals surface area contributed by atoms with Gasteiger partial charge in [0.2, 0.25) is 0 Å². The molecule has 0 aliphatic carbocycles. The van der Waals surface area contributed by atoms with E-state index < -0.39 is 6.43 Å². The topological polar surface area (TPSA) is 28.7 Å². The second-order valence-corrected chi connectivity index (χ2v) is 4.35. The molecule has 2 rings (SSSR count). The van der Waals surface area contributed by atoms with Crippen molar-refractivity contribution < 1.29 is 8.78 Å². The zero-order chi connectivity index (χ0) is 11.0. The quantitative estimate of drug-likeness (QED) is 0.818. The van der Waals surface area contributed by atoms with Gasteiger partial charge in [0.1, 0.15) is 0 Å². The van der Waals surface area contributed by atoms with Crippen molar-refractivity contribution in [1.82, 2.24) is 9.97 Å². The van der Waals surface area contributed by atoms with Gasteiger partial charge in [-0.15, -0.1) is 0 Å². The number of halogens is 4. The molecule has 1 aromatic heterocycles. The van der Waals surface area contributed by atoms with E-state index in [4.69, 9.17) is 0 Å². The average molecular weight is 340 g/mol. The summed E-state index contributed by atoms with van der Waals surface area (Å²) in [5.74, 6) is 0. The van der Waals surface area contributed by atoms with E-state index in [1.807, 2.05) is 0 Å². The van der Waals surface area contributed by atoms with Crippen LogP contribution >= 0.6 is 31.9 Å². The highest BCUT2D eigenvalue weighted by Gasteiger charge is 2.13. The monoisotopic (exact) mass is 338 g/mol. The molecule has 0 aliphatic heterocycles. The molecule has 0 aliphatic rings. The van der Waals surface area contributed by atoms with Crippen LogP contribution in [0.2, 0.25) is 0 Å². The molecule has 0 saturated heterocycles. The summed E-state index contributed by atoms with van der Waals surface area (Å²) in [6.45, 7) is 0. The summed E-state index contributed by atoms with van der Waals surface area (Å²) in [6.07, 6.45) is -2.46. The van der Waals surface area contributed by atoms with E-state index in [1.165, 1.54) is 12.1 Å². The Morgan fingerprint density at radius 3 is 2.73 bits per heavy atom. The molecule has 0 amide bonds. The largest absolute Gasteiger partial charge is 0.332 e. The van der Waals surface area contributed by atoms with Gasteiger partial charge in [0.05, 0.1) is 11.0 Å². The first-order valence-corrected chi connectivity index (χ1v) is 6.05. The molecule has 1 aromatic carbocycles. The number of hydrogen-bond acceptors (Lipinski definition) is 1.